The molecule has 3 heteroatoms. The Morgan fingerprint density at radius 2 is 1.94 bits per heavy atom. The van der Waals surface area contributed by atoms with E-state index in [1.54, 1.807) is 19.1 Å². The number of nitrogens with one attached hydrogen (secondary N) is 1. The molecule has 0 saturated heterocycles. The highest BCUT2D eigenvalue weighted by Gasteiger charge is 2.08. The number of benzene rings is 1. The maximum atomic E-state index is 11.2. The first-order valence-electron chi connectivity index (χ1n) is 5.27. The van der Waals surface area contributed by atoms with Crippen LogP contribution < -0.4 is 0 Å². The summed E-state index contributed by atoms with van der Waals surface area (Å²) in [5.41, 5.74) is 2.37. The third-order valence-electron chi connectivity index (χ3n) is 2.51. The van der Waals surface area contributed by atoms with Gasteiger partial charge >= 0.3 is 5.97 Å². The smallest absolute Gasteiger partial charge is 0.337 e. The molecule has 0 amide bonds. The van der Waals surface area contributed by atoms with Crippen LogP contribution in [0.5, 0.6) is 0 Å². The van der Waals surface area contributed by atoms with Gasteiger partial charge in [-0.2, -0.15) is 0 Å². The van der Waals surface area contributed by atoms with E-state index < -0.39 is 0 Å². The van der Waals surface area contributed by atoms with Crippen LogP contribution in [0.4, 0.5) is 0 Å². The molecule has 1 unspecified atom stereocenters. The van der Waals surface area contributed by atoms with Crippen LogP contribution >= 0.6 is 0 Å². The molecular weight excluding hydrogens is 202 g/mol. The van der Waals surface area contributed by atoms with Gasteiger partial charge in [0.15, 0.2) is 0 Å². The maximum Gasteiger partial charge on any atom is 0.337 e. The summed E-state index contributed by atoms with van der Waals surface area (Å²) in [7, 11) is 1.37. The topological polar surface area (TPSA) is 50.2 Å². The zero-order valence-corrected chi connectivity index (χ0v) is 9.91. The fraction of sp³-hybridized carbons (Fsp3) is 0.385. The maximum absolute atomic E-state index is 11.2. The predicted molar refractivity (Wildman–Crippen MR) is 64.2 cm³/mol. The first-order chi connectivity index (χ1) is 7.54. The summed E-state index contributed by atoms with van der Waals surface area (Å²) < 4.78 is 4.63. The van der Waals surface area contributed by atoms with E-state index in [9.17, 15) is 4.79 Å². The highest BCUT2D eigenvalue weighted by Crippen LogP contribution is 2.19. The minimum Gasteiger partial charge on any atom is -0.465 e. The summed E-state index contributed by atoms with van der Waals surface area (Å²) in [6.07, 6.45) is 0.748. The zero-order chi connectivity index (χ0) is 12.1. The summed E-state index contributed by atoms with van der Waals surface area (Å²) in [6, 6.07) is 7.35. The standard InChI is InChI=1S/C13H17NO2/c1-9(8-10(2)14)11-4-6-12(7-5-11)13(15)16-3/h4-7,9,14H,8H2,1-3H3. The van der Waals surface area contributed by atoms with E-state index in [0.29, 0.717) is 17.2 Å². The molecule has 86 valence electrons. The minimum absolute atomic E-state index is 0.309. The lowest BCUT2D eigenvalue weighted by atomic mass is 9.95. The van der Waals surface area contributed by atoms with E-state index >= 15 is 0 Å². The molecule has 0 radical (unpaired) electrons. The Morgan fingerprint density at radius 3 is 2.38 bits per heavy atom. The Morgan fingerprint density at radius 1 is 1.38 bits per heavy atom. The van der Waals surface area contributed by atoms with Crippen molar-refractivity contribution in [3.8, 4) is 0 Å². The van der Waals surface area contributed by atoms with E-state index in [4.69, 9.17) is 5.41 Å². The van der Waals surface area contributed by atoms with Gasteiger partial charge in [-0.25, -0.2) is 4.79 Å². The Labute approximate surface area is 95.9 Å². The molecule has 1 aromatic rings. The molecule has 0 fully saturated rings. The number of rotatable bonds is 4. The van der Waals surface area contributed by atoms with E-state index in [1.165, 1.54) is 7.11 Å². The van der Waals surface area contributed by atoms with Crippen molar-refractivity contribution in [3.05, 3.63) is 35.4 Å². The van der Waals surface area contributed by atoms with E-state index in [-0.39, 0.29) is 5.97 Å². The van der Waals surface area contributed by atoms with Crippen molar-refractivity contribution in [2.45, 2.75) is 26.2 Å². The number of hydrogen-bond acceptors (Lipinski definition) is 3. The van der Waals surface area contributed by atoms with E-state index in [2.05, 4.69) is 11.7 Å². The average molecular weight is 219 g/mol. The van der Waals surface area contributed by atoms with Gasteiger partial charge in [-0.05, 0) is 37.0 Å². The van der Waals surface area contributed by atoms with Gasteiger partial charge in [-0.3, -0.25) is 0 Å². The molecule has 1 aromatic carbocycles. The van der Waals surface area contributed by atoms with Crippen molar-refractivity contribution in [1.82, 2.24) is 0 Å². The average Bonchev–Trinajstić information content (AvgIpc) is 2.27. The Bertz CT molecular complexity index is 381. The summed E-state index contributed by atoms with van der Waals surface area (Å²) >= 11 is 0. The molecule has 0 bridgehead atoms. The highest BCUT2D eigenvalue weighted by molar-refractivity contribution is 5.89. The van der Waals surface area contributed by atoms with Gasteiger partial charge in [0.1, 0.15) is 0 Å². The van der Waals surface area contributed by atoms with Gasteiger partial charge in [-0.1, -0.05) is 19.1 Å². The van der Waals surface area contributed by atoms with Gasteiger partial charge < -0.3 is 10.1 Å². The number of carbonyl (C=O) groups excluding carboxylic acids is 1. The second kappa shape index (κ2) is 5.45. The summed E-state index contributed by atoms with van der Waals surface area (Å²) in [5, 5.41) is 7.44. The van der Waals surface area contributed by atoms with Crippen molar-refractivity contribution < 1.29 is 9.53 Å². The Balaban J connectivity index is 2.78. The van der Waals surface area contributed by atoms with Crippen LogP contribution in [0.2, 0.25) is 0 Å². The third kappa shape index (κ3) is 3.19. The SMILES string of the molecule is COC(=O)c1ccc(C(C)CC(C)=N)cc1. The molecule has 0 aromatic heterocycles. The second-order valence-corrected chi connectivity index (χ2v) is 4.00. The lowest BCUT2D eigenvalue weighted by Gasteiger charge is -2.11. The quantitative estimate of drug-likeness (QED) is 0.625. The van der Waals surface area contributed by atoms with Crippen LogP contribution in [0.15, 0.2) is 24.3 Å². The van der Waals surface area contributed by atoms with Crippen molar-refractivity contribution in [2.75, 3.05) is 7.11 Å². The van der Waals surface area contributed by atoms with Crippen LogP contribution in [0.1, 0.15) is 42.1 Å². The van der Waals surface area contributed by atoms with Gasteiger partial charge in [0.2, 0.25) is 0 Å². The van der Waals surface area contributed by atoms with Gasteiger partial charge in [0, 0.05) is 5.71 Å². The van der Waals surface area contributed by atoms with Crippen LogP contribution in [-0.2, 0) is 4.74 Å². The predicted octanol–water partition coefficient (Wildman–Crippen LogP) is 3.01. The van der Waals surface area contributed by atoms with Crippen molar-refractivity contribution in [1.29, 1.82) is 5.41 Å². The van der Waals surface area contributed by atoms with Crippen LogP contribution in [-0.4, -0.2) is 18.8 Å². The zero-order valence-electron chi connectivity index (χ0n) is 9.91. The van der Waals surface area contributed by atoms with Crippen LogP contribution in [0.3, 0.4) is 0 Å². The van der Waals surface area contributed by atoms with Gasteiger partial charge in [0.05, 0.1) is 12.7 Å². The van der Waals surface area contributed by atoms with Gasteiger partial charge in [0.25, 0.3) is 0 Å². The lowest BCUT2D eigenvalue weighted by Crippen LogP contribution is -2.03. The molecule has 0 aliphatic rings. The lowest BCUT2D eigenvalue weighted by molar-refractivity contribution is 0.0600. The largest absolute Gasteiger partial charge is 0.465 e. The number of hydrogen-bond donors (Lipinski definition) is 1. The molecule has 0 saturated carbocycles. The summed E-state index contributed by atoms with van der Waals surface area (Å²) in [4.78, 5) is 11.2. The summed E-state index contributed by atoms with van der Waals surface area (Å²) in [5.74, 6) is -0.00775. The van der Waals surface area contributed by atoms with Crippen molar-refractivity contribution in [2.24, 2.45) is 0 Å². The minimum atomic E-state index is -0.317. The Kier molecular flexibility index (Phi) is 4.23. The number of esters is 1. The van der Waals surface area contributed by atoms with Crippen molar-refractivity contribution >= 4 is 11.7 Å². The van der Waals surface area contributed by atoms with Crippen LogP contribution in [0, 0.1) is 5.41 Å². The molecule has 1 N–H and O–H groups in total. The molecule has 0 heterocycles. The second-order valence-electron chi connectivity index (χ2n) is 4.00. The number of methoxy groups -OCH3 is 1. The molecular formula is C13H17NO2. The normalized spacial score (nSPS) is 11.9. The molecule has 0 spiro atoms. The molecule has 0 aliphatic carbocycles. The highest BCUT2D eigenvalue weighted by atomic mass is 16.5. The van der Waals surface area contributed by atoms with Crippen LogP contribution in [0.25, 0.3) is 0 Å². The molecule has 1 rings (SSSR count). The van der Waals surface area contributed by atoms with E-state index in [0.717, 1.165) is 12.0 Å². The molecule has 16 heavy (non-hydrogen) atoms. The van der Waals surface area contributed by atoms with Crippen molar-refractivity contribution in [3.63, 3.8) is 0 Å². The monoisotopic (exact) mass is 219 g/mol. The molecule has 0 aliphatic heterocycles. The first-order valence-corrected chi connectivity index (χ1v) is 5.27. The number of ether oxygens (including phenoxy) is 1. The summed E-state index contributed by atoms with van der Waals surface area (Å²) in [6.45, 7) is 3.88. The molecule has 1 atom stereocenters. The fourth-order valence-corrected chi connectivity index (χ4v) is 1.64. The van der Waals surface area contributed by atoms with Gasteiger partial charge in [-0.15, -0.1) is 0 Å². The van der Waals surface area contributed by atoms with E-state index in [1.807, 2.05) is 12.1 Å². The Hall–Kier alpha value is -1.64. The fourth-order valence-electron chi connectivity index (χ4n) is 1.64. The number of carbonyl (C=O) groups is 1. The third-order valence-corrected chi connectivity index (χ3v) is 2.51. The molecule has 3 nitrogen and oxygen atoms in total. The first kappa shape index (κ1) is 12.4.